The predicted molar refractivity (Wildman–Crippen MR) is 38.0 cm³/mol. The van der Waals surface area contributed by atoms with Crippen LogP contribution in [0.1, 0.15) is 12.8 Å². The van der Waals surface area contributed by atoms with E-state index in [1.54, 1.807) is 0 Å². The van der Waals surface area contributed by atoms with Gasteiger partial charge in [-0.1, -0.05) is 0 Å². The van der Waals surface area contributed by atoms with Gasteiger partial charge >= 0.3 is 12.1 Å². The van der Waals surface area contributed by atoms with E-state index in [0.717, 1.165) is 0 Å². The molecule has 0 bridgehead atoms. The van der Waals surface area contributed by atoms with Gasteiger partial charge in [0.2, 0.25) is 0 Å². The van der Waals surface area contributed by atoms with Gasteiger partial charge in [-0.05, 0) is 25.9 Å². The molecule has 0 aromatic heterocycles. The fourth-order valence-corrected chi connectivity index (χ4v) is 1.13. The molecule has 1 aliphatic heterocycles. The number of carbonyl (C=O) groups excluding carboxylic acids is 1. The number of ether oxygens (including phenoxy) is 1. The van der Waals surface area contributed by atoms with E-state index in [0.29, 0.717) is 25.9 Å². The summed E-state index contributed by atoms with van der Waals surface area (Å²) in [4.78, 5) is 10.4. The minimum Gasteiger partial charge on any atom is -0.456 e. The standard InChI is InChI=1S/C7H10F3NO2/c8-7(9,10)6(12)13-5-1-3-11-4-2-5/h5,11H,1-4H2. The van der Waals surface area contributed by atoms with E-state index in [4.69, 9.17) is 0 Å². The van der Waals surface area contributed by atoms with Crippen molar-refractivity contribution in [1.82, 2.24) is 5.32 Å². The second kappa shape index (κ2) is 3.95. The van der Waals surface area contributed by atoms with Crippen LogP contribution in [0.15, 0.2) is 0 Å². The Labute approximate surface area is 73.2 Å². The maximum Gasteiger partial charge on any atom is 0.490 e. The maximum absolute atomic E-state index is 11.7. The van der Waals surface area contributed by atoms with Gasteiger partial charge in [-0.15, -0.1) is 0 Å². The van der Waals surface area contributed by atoms with Crippen LogP contribution in [0.5, 0.6) is 0 Å². The highest BCUT2D eigenvalue weighted by molar-refractivity contribution is 5.75. The first-order valence-electron chi connectivity index (χ1n) is 3.98. The lowest BCUT2D eigenvalue weighted by Gasteiger charge is -2.22. The van der Waals surface area contributed by atoms with E-state index in [1.165, 1.54) is 0 Å². The molecule has 1 N–H and O–H groups in total. The highest BCUT2D eigenvalue weighted by Gasteiger charge is 2.42. The van der Waals surface area contributed by atoms with Gasteiger partial charge in [0.25, 0.3) is 0 Å². The predicted octanol–water partition coefficient (Wildman–Crippen LogP) is 0.844. The van der Waals surface area contributed by atoms with E-state index in [-0.39, 0.29) is 0 Å². The van der Waals surface area contributed by atoms with E-state index >= 15 is 0 Å². The topological polar surface area (TPSA) is 38.3 Å². The Hall–Kier alpha value is -0.780. The molecule has 0 aromatic rings. The SMILES string of the molecule is O=C(OC1CCNCC1)C(F)(F)F. The number of esters is 1. The van der Waals surface area contributed by atoms with Crippen molar-refractivity contribution in [2.75, 3.05) is 13.1 Å². The Kier molecular flexibility index (Phi) is 3.13. The number of carbonyl (C=O) groups is 1. The first kappa shape index (κ1) is 10.3. The van der Waals surface area contributed by atoms with Crippen molar-refractivity contribution in [3.63, 3.8) is 0 Å². The van der Waals surface area contributed by atoms with Gasteiger partial charge < -0.3 is 10.1 Å². The molecule has 1 rings (SSSR count). The molecule has 76 valence electrons. The maximum atomic E-state index is 11.7. The summed E-state index contributed by atoms with van der Waals surface area (Å²) in [5.41, 5.74) is 0. The first-order chi connectivity index (χ1) is 6.00. The summed E-state index contributed by atoms with van der Waals surface area (Å²) < 4.78 is 39.4. The van der Waals surface area contributed by atoms with Crippen molar-refractivity contribution in [3.8, 4) is 0 Å². The quantitative estimate of drug-likeness (QED) is 0.633. The third kappa shape index (κ3) is 3.22. The van der Waals surface area contributed by atoms with Crippen molar-refractivity contribution in [2.45, 2.75) is 25.1 Å². The van der Waals surface area contributed by atoms with Crippen LogP contribution >= 0.6 is 0 Å². The molecular weight excluding hydrogens is 187 g/mol. The lowest BCUT2D eigenvalue weighted by atomic mass is 10.1. The second-order valence-electron chi connectivity index (χ2n) is 2.85. The lowest BCUT2D eigenvalue weighted by molar-refractivity contribution is -0.205. The molecule has 0 unspecified atom stereocenters. The molecule has 6 heteroatoms. The Morgan fingerprint density at radius 1 is 1.31 bits per heavy atom. The first-order valence-corrected chi connectivity index (χ1v) is 3.98. The highest BCUT2D eigenvalue weighted by Crippen LogP contribution is 2.19. The van der Waals surface area contributed by atoms with Gasteiger partial charge in [0.05, 0.1) is 0 Å². The van der Waals surface area contributed by atoms with Crippen molar-refractivity contribution in [1.29, 1.82) is 0 Å². The fourth-order valence-electron chi connectivity index (χ4n) is 1.13. The zero-order valence-electron chi connectivity index (χ0n) is 6.86. The van der Waals surface area contributed by atoms with Gasteiger partial charge in [0.1, 0.15) is 6.10 Å². The Morgan fingerprint density at radius 2 is 1.85 bits per heavy atom. The fraction of sp³-hybridized carbons (Fsp3) is 0.857. The summed E-state index contributed by atoms with van der Waals surface area (Å²) in [6.07, 6.45) is -4.57. The van der Waals surface area contributed by atoms with E-state index in [1.807, 2.05) is 0 Å². The molecule has 1 heterocycles. The highest BCUT2D eigenvalue weighted by atomic mass is 19.4. The molecule has 0 radical (unpaired) electrons. The van der Waals surface area contributed by atoms with Crippen LogP contribution in [0.25, 0.3) is 0 Å². The molecule has 0 aromatic carbocycles. The molecule has 0 atom stereocenters. The van der Waals surface area contributed by atoms with Gasteiger partial charge in [0, 0.05) is 0 Å². The summed E-state index contributed by atoms with van der Waals surface area (Å²) in [7, 11) is 0. The minimum atomic E-state index is -4.87. The molecule has 3 nitrogen and oxygen atoms in total. The Morgan fingerprint density at radius 3 is 2.31 bits per heavy atom. The smallest absolute Gasteiger partial charge is 0.456 e. The number of hydrogen-bond donors (Lipinski definition) is 1. The largest absolute Gasteiger partial charge is 0.490 e. The number of nitrogens with one attached hydrogen (secondary N) is 1. The van der Waals surface area contributed by atoms with Crippen LogP contribution in [0, 0.1) is 0 Å². The number of alkyl halides is 3. The summed E-state index contributed by atoms with van der Waals surface area (Å²) in [6, 6.07) is 0. The van der Waals surface area contributed by atoms with Crippen molar-refractivity contribution in [2.24, 2.45) is 0 Å². The third-order valence-corrected chi connectivity index (χ3v) is 1.79. The summed E-state index contributed by atoms with van der Waals surface area (Å²) in [5.74, 6) is -2.08. The van der Waals surface area contributed by atoms with E-state index in [2.05, 4.69) is 10.1 Å². The van der Waals surface area contributed by atoms with Gasteiger partial charge in [-0.25, -0.2) is 4.79 Å². The van der Waals surface area contributed by atoms with Crippen LogP contribution in [-0.2, 0) is 9.53 Å². The average Bonchev–Trinajstić information content (AvgIpc) is 2.04. The number of halogens is 3. The zero-order chi connectivity index (χ0) is 9.90. The Bertz CT molecular complexity index is 187. The number of rotatable bonds is 1. The molecule has 1 fully saturated rings. The summed E-state index contributed by atoms with van der Waals surface area (Å²) >= 11 is 0. The molecular formula is C7H10F3NO2. The van der Waals surface area contributed by atoms with Crippen molar-refractivity contribution in [3.05, 3.63) is 0 Å². The molecule has 0 aliphatic carbocycles. The van der Waals surface area contributed by atoms with Crippen LogP contribution in [0.4, 0.5) is 13.2 Å². The third-order valence-electron chi connectivity index (χ3n) is 1.79. The monoisotopic (exact) mass is 197 g/mol. The molecule has 0 spiro atoms. The van der Waals surface area contributed by atoms with E-state index < -0.39 is 18.2 Å². The van der Waals surface area contributed by atoms with Gasteiger partial charge in [0.15, 0.2) is 0 Å². The summed E-state index contributed by atoms with van der Waals surface area (Å²) in [5, 5.41) is 2.95. The minimum absolute atomic E-state index is 0.446. The average molecular weight is 197 g/mol. The van der Waals surface area contributed by atoms with Crippen LogP contribution < -0.4 is 5.32 Å². The van der Waals surface area contributed by atoms with E-state index in [9.17, 15) is 18.0 Å². The molecule has 1 aliphatic rings. The number of hydrogen-bond acceptors (Lipinski definition) is 3. The summed E-state index contributed by atoms with van der Waals surface area (Å²) in [6.45, 7) is 1.19. The van der Waals surface area contributed by atoms with Crippen molar-refractivity contribution < 1.29 is 22.7 Å². The van der Waals surface area contributed by atoms with Crippen LogP contribution in [0.2, 0.25) is 0 Å². The van der Waals surface area contributed by atoms with Gasteiger partial charge in [-0.2, -0.15) is 13.2 Å². The number of piperidine rings is 1. The van der Waals surface area contributed by atoms with Gasteiger partial charge in [-0.3, -0.25) is 0 Å². The Balaban J connectivity index is 2.35. The molecule has 13 heavy (non-hydrogen) atoms. The lowest BCUT2D eigenvalue weighted by Crippen LogP contribution is -2.37. The molecule has 0 amide bonds. The molecule has 1 saturated heterocycles. The normalized spacial score (nSPS) is 19.9. The zero-order valence-corrected chi connectivity index (χ0v) is 6.86. The molecule has 0 saturated carbocycles. The second-order valence-corrected chi connectivity index (χ2v) is 2.85. The van der Waals surface area contributed by atoms with Crippen LogP contribution in [0.3, 0.4) is 0 Å². The van der Waals surface area contributed by atoms with Crippen LogP contribution in [-0.4, -0.2) is 31.3 Å². The van der Waals surface area contributed by atoms with Crippen molar-refractivity contribution >= 4 is 5.97 Å².